The molecule has 0 saturated heterocycles. The second-order valence-corrected chi connectivity index (χ2v) is 27.7. The van der Waals surface area contributed by atoms with Crippen LogP contribution in [0.1, 0.15) is 58.8 Å². The Hall–Kier alpha value is -5.84. The van der Waals surface area contributed by atoms with Gasteiger partial charge in [-0.05, 0) is 128 Å². The summed E-state index contributed by atoms with van der Waals surface area (Å²) in [7, 11) is -7.91. The van der Waals surface area contributed by atoms with Crippen molar-refractivity contribution in [1.29, 1.82) is 0 Å². The lowest BCUT2D eigenvalue weighted by molar-refractivity contribution is -0.182. The number of azo groups is 2. The summed E-state index contributed by atoms with van der Waals surface area (Å²) in [4.78, 5) is 54.3. The molecule has 3 fully saturated rings. The van der Waals surface area contributed by atoms with E-state index in [0.29, 0.717) is 19.3 Å². The second kappa shape index (κ2) is 24.4. The summed E-state index contributed by atoms with van der Waals surface area (Å²) in [6.45, 7) is 3.46. The van der Waals surface area contributed by atoms with Gasteiger partial charge in [0.05, 0.1) is 38.6 Å². The number of alkyl halides is 4. The molecule has 2 heterocycles. The first-order valence-electron chi connectivity index (χ1n) is 25.2. The van der Waals surface area contributed by atoms with Crippen molar-refractivity contribution >= 4 is 162 Å². The van der Waals surface area contributed by atoms with Crippen LogP contribution in [0, 0.1) is 28.6 Å². The molecule has 0 spiro atoms. The van der Waals surface area contributed by atoms with Crippen LogP contribution in [0.5, 0.6) is 5.75 Å². The molecule has 7 unspecified atom stereocenters. The molecule has 2 aromatic heterocycles. The van der Waals surface area contributed by atoms with Gasteiger partial charge in [-0.2, -0.15) is 10.2 Å². The van der Waals surface area contributed by atoms with Crippen molar-refractivity contribution in [3.05, 3.63) is 108 Å². The number of sulfonamides is 2. The van der Waals surface area contributed by atoms with E-state index in [9.17, 15) is 51.3 Å². The summed E-state index contributed by atoms with van der Waals surface area (Å²) >= 11 is 25.5. The number of benzene rings is 4. The number of aliphatic hydroxyl groups excluding tert-OH is 2. The molecule has 6 aromatic rings. The van der Waals surface area contributed by atoms with Crippen LogP contribution in [0.4, 0.5) is 38.7 Å². The number of nitrogens with one attached hydrogen (secondary N) is 3. The van der Waals surface area contributed by atoms with Gasteiger partial charge in [0.15, 0.2) is 32.4 Å². The largest absolute Gasteiger partial charge is 0.421 e. The fourth-order valence-electron chi connectivity index (χ4n) is 11.9. The Kier molecular flexibility index (Phi) is 18.1. The van der Waals surface area contributed by atoms with Gasteiger partial charge in [0.25, 0.3) is 26.0 Å². The lowest BCUT2D eigenvalue weighted by Gasteiger charge is -2.60. The normalized spacial score (nSPS) is 24.3. The number of anilines is 3. The number of nitrogens with zero attached hydrogens (tertiary/aromatic N) is 6. The number of thiazole rings is 2. The molecule has 1 amide bonds. The number of ketones is 2. The van der Waals surface area contributed by atoms with Crippen LogP contribution in [0.15, 0.2) is 138 Å². The minimum atomic E-state index is -3.95. The third kappa shape index (κ3) is 12.4. The number of fused-ring (bicyclic) bond motifs is 6. The highest BCUT2D eigenvalue weighted by Gasteiger charge is 2.68. The van der Waals surface area contributed by atoms with Crippen LogP contribution in [-0.4, -0.2) is 93.6 Å². The number of carbonyl (C=O) groups is 4. The predicted molar refractivity (Wildman–Crippen MR) is 311 cm³/mol. The minimum absolute atomic E-state index is 0.0514. The van der Waals surface area contributed by atoms with Gasteiger partial charge in [-0.3, -0.25) is 23.8 Å². The Morgan fingerprint density at radius 1 is 0.793 bits per heavy atom. The number of carbonyl (C=O) groups excluding carboxylic acids is 4. The molecule has 6 N–H and O–H groups in total. The molecule has 29 heteroatoms. The summed E-state index contributed by atoms with van der Waals surface area (Å²) in [6, 6.07) is 16.7. The van der Waals surface area contributed by atoms with Crippen LogP contribution >= 0.6 is 69.1 Å². The van der Waals surface area contributed by atoms with Gasteiger partial charge in [0.2, 0.25) is 4.84 Å². The van der Waals surface area contributed by atoms with Gasteiger partial charge in [-0.15, -0.1) is 32.9 Å². The topological polar surface area (TPSA) is 318 Å². The summed E-state index contributed by atoms with van der Waals surface area (Å²) in [6.07, 6.45) is 8.65. The third-order valence-electron chi connectivity index (χ3n) is 15.7. The van der Waals surface area contributed by atoms with Crippen LogP contribution in [0.2, 0.25) is 0 Å². The lowest BCUT2D eigenvalue weighted by atomic mass is 9.45. The monoisotopic (exact) mass is 1270 g/mol. The molecule has 0 bridgehead atoms. The summed E-state index contributed by atoms with van der Waals surface area (Å²) < 4.78 is 61.6. The number of aromatic nitrogens is 2. The van der Waals surface area contributed by atoms with E-state index in [1.807, 2.05) is 6.92 Å². The minimum Gasteiger partial charge on any atom is -0.421 e. The maximum Gasteiger partial charge on any atom is 0.344 e. The first kappa shape index (κ1) is 60.7. The van der Waals surface area contributed by atoms with E-state index in [2.05, 4.69) is 52.1 Å². The Bertz CT molecular complexity index is 3750. The van der Waals surface area contributed by atoms with E-state index >= 15 is 0 Å². The van der Waals surface area contributed by atoms with Crippen molar-refractivity contribution in [1.82, 2.24) is 9.97 Å². The van der Waals surface area contributed by atoms with Crippen molar-refractivity contribution in [2.24, 2.45) is 49.0 Å². The van der Waals surface area contributed by atoms with Crippen LogP contribution in [0.3, 0.4) is 0 Å². The number of halogens is 4. The van der Waals surface area contributed by atoms with Crippen molar-refractivity contribution < 1.29 is 56.1 Å². The smallest absolute Gasteiger partial charge is 0.344 e. The third-order valence-corrected chi connectivity index (χ3v) is 20.8. The molecule has 21 nitrogen and oxygen atoms in total. The Morgan fingerprint density at radius 2 is 1.38 bits per heavy atom. The maximum atomic E-state index is 12.8. The number of aliphatic hydroxyl groups is 3. The Balaban J connectivity index is 0.000000258. The zero-order valence-corrected chi connectivity index (χ0v) is 49.6. The maximum absolute atomic E-state index is 12.8. The highest BCUT2D eigenvalue weighted by molar-refractivity contribution is 7.93. The highest BCUT2D eigenvalue weighted by Crippen LogP contribution is 2.67. The highest BCUT2D eigenvalue weighted by atomic mass is 35.5. The van der Waals surface area contributed by atoms with Gasteiger partial charge in [0.1, 0.15) is 17.9 Å². The molecular weight excluding hydrogens is 1220 g/mol. The SMILES string of the molecule is CC12CCC(=O)C=C1CCC1C2C(O)CC2(C)C1CCC2(O)C(=O)CO.O=C(Nc1cccc2c(OC(=O)C(Cl)Cl)c(N=Nc3ccc(S(=O)(=O)Nc4nccs4)cc3)cc(N=Nc3ccc(S(=O)(=O)Nc4nccs4)cc3)c12)C(Cl)Cl. The fourth-order valence-corrected chi connectivity index (χ4v) is 15.7. The van der Waals surface area contributed by atoms with E-state index < -0.39 is 71.1 Å². The first-order chi connectivity index (χ1) is 38.9. The van der Waals surface area contributed by atoms with Crippen molar-refractivity contribution in [2.45, 2.75) is 90.0 Å². The Labute approximate surface area is 498 Å². The molecule has 82 heavy (non-hydrogen) atoms. The van der Waals surface area contributed by atoms with Gasteiger partial charge in [-0.25, -0.2) is 31.6 Å². The molecule has 10 rings (SSSR count). The molecule has 0 radical (unpaired) electrons. The zero-order chi connectivity index (χ0) is 58.9. The molecule has 7 atom stereocenters. The summed E-state index contributed by atoms with van der Waals surface area (Å²) in [5.41, 5.74) is -0.733. The quantitative estimate of drug-likeness (QED) is 0.0227. The average Bonchev–Trinajstić information content (AvgIpc) is 1.62. The molecule has 4 aliphatic carbocycles. The number of rotatable bonds is 16. The number of allylic oxidation sites excluding steroid dienone is 1. The number of hydrogen-bond acceptors (Lipinski definition) is 20. The number of amides is 1. The lowest BCUT2D eigenvalue weighted by Crippen LogP contribution is -2.62. The van der Waals surface area contributed by atoms with Gasteiger partial charge in [-0.1, -0.05) is 78.0 Å². The molecule has 3 saturated carbocycles. The summed E-state index contributed by atoms with van der Waals surface area (Å²) in [5, 5.41) is 55.4. The van der Waals surface area contributed by atoms with Gasteiger partial charge in [0, 0.05) is 45.8 Å². The van der Waals surface area contributed by atoms with E-state index in [0.717, 1.165) is 48.4 Å². The van der Waals surface area contributed by atoms with E-state index in [4.69, 9.17) is 51.1 Å². The molecule has 0 aliphatic heterocycles. The number of ether oxygens (including phenoxy) is 1. The zero-order valence-electron chi connectivity index (χ0n) is 43.3. The first-order valence-corrected chi connectivity index (χ1v) is 31.7. The van der Waals surface area contributed by atoms with Gasteiger partial charge >= 0.3 is 5.97 Å². The predicted octanol–water partition coefficient (Wildman–Crippen LogP) is 11.4. The fraction of sp³-hybridized carbons (Fsp3) is 0.358. The number of hydrogen-bond donors (Lipinski definition) is 6. The van der Waals surface area contributed by atoms with Crippen LogP contribution in [-0.2, 0) is 39.2 Å². The molecular formula is C53H51Cl4N9O12S4. The van der Waals surface area contributed by atoms with Crippen molar-refractivity contribution in [3.63, 3.8) is 0 Å². The van der Waals surface area contributed by atoms with Gasteiger partial charge < -0.3 is 25.4 Å². The Morgan fingerprint density at radius 3 is 1.91 bits per heavy atom. The number of esters is 1. The van der Waals surface area contributed by atoms with Crippen LogP contribution < -0.4 is 19.5 Å². The van der Waals surface area contributed by atoms with Crippen molar-refractivity contribution in [3.8, 4) is 5.75 Å². The van der Waals surface area contributed by atoms with E-state index in [1.165, 1.54) is 90.8 Å². The molecule has 4 aliphatic rings. The van der Waals surface area contributed by atoms with Crippen molar-refractivity contribution in [2.75, 3.05) is 21.4 Å². The average molecular weight is 1280 g/mol. The summed E-state index contributed by atoms with van der Waals surface area (Å²) in [5.74, 6) is -1.92. The molecule has 432 valence electrons. The standard InChI is InChI=1S/C32H21Cl4N9O7S4.C21H30O5/c33-27(34)29(46)39-22-3-1-2-21-25(22)23(42-40-17-4-8-19(9-5-17)55(48,49)44-31-37-12-14-53-31)16-24(26(21)52-30(47)28(35)36)43-41-18-6-10-20(11-7-18)56(50,51)45-32-38-13-15-54-32;1-19-7-5-13(23)9-12(19)3-4-14-15-6-8-21(26,17(25)11-22)20(15,2)10-16(24)18(14)19/h1-16,27-28H,(H,37,44)(H,38,45)(H,39,46);9,14-16,18,22,24,26H,3-8,10-11H2,1-2H3. The van der Waals surface area contributed by atoms with E-state index in [1.54, 1.807) is 16.8 Å². The second-order valence-electron chi connectivity index (χ2n) is 20.3. The van der Waals surface area contributed by atoms with Crippen LogP contribution in [0.25, 0.3) is 10.8 Å². The molecule has 4 aromatic carbocycles. The number of Topliss-reactive ketones (excluding diaryl/α,β-unsaturated/α-hetero) is 1. The van der Waals surface area contributed by atoms with E-state index in [-0.39, 0.29) is 94.0 Å².